The third-order valence-electron chi connectivity index (χ3n) is 3.18. The largest absolute Gasteiger partial charge is 0.451 e. The number of rotatable bonds is 5. The average Bonchev–Trinajstić information content (AvgIpc) is 2.79. The number of hydrogen-bond donors (Lipinski definition) is 2. The summed E-state index contributed by atoms with van der Waals surface area (Å²) in [6, 6.07) is 0. The van der Waals surface area contributed by atoms with Crippen molar-refractivity contribution in [1.82, 2.24) is 25.0 Å². The molecule has 0 spiro atoms. The maximum atomic E-state index is 12.7. The van der Waals surface area contributed by atoms with E-state index in [9.17, 15) is 18.3 Å². The van der Waals surface area contributed by atoms with Gasteiger partial charge in [-0.15, -0.1) is 10.2 Å². The number of β-amino-alcohol motifs (C(OH)–C–C–N with tert-alkyl or cyclic N) is 1. The molecule has 0 aliphatic carbocycles. The van der Waals surface area contributed by atoms with E-state index in [0.717, 1.165) is 11.1 Å². The molecule has 0 radical (unpaired) electrons. The number of aliphatic hydroxyl groups excluding tert-OH is 1. The van der Waals surface area contributed by atoms with Crippen molar-refractivity contribution in [3.8, 4) is 0 Å². The Morgan fingerprint density at radius 1 is 1.35 bits per heavy atom. The molecule has 2 heterocycles. The zero-order valence-electron chi connectivity index (χ0n) is 11.2. The lowest BCUT2D eigenvalue weighted by Crippen LogP contribution is -2.42. The zero-order chi connectivity index (χ0) is 14.8. The summed E-state index contributed by atoms with van der Waals surface area (Å²) < 4.78 is 39.1. The van der Waals surface area contributed by atoms with Crippen molar-refractivity contribution in [2.45, 2.75) is 32.3 Å². The molecule has 114 valence electrons. The van der Waals surface area contributed by atoms with Gasteiger partial charge in [0.2, 0.25) is 5.82 Å². The number of hydrogen-bond acceptors (Lipinski definition) is 5. The lowest BCUT2D eigenvalue weighted by molar-refractivity contribution is -0.148. The molecule has 2 N–H and O–H groups in total. The van der Waals surface area contributed by atoms with Crippen LogP contribution in [0.3, 0.4) is 0 Å². The molecule has 6 nitrogen and oxygen atoms in total. The molecule has 1 aromatic rings. The Bertz CT molecular complexity index is 448. The van der Waals surface area contributed by atoms with Crippen molar-refractivity contribution in [1.29, 1.82) is 0 Å². The van der Waals surface area contributed by atoms with E-state index in [0.29, 0.717) is 25.5 Å². The normalized spacial score (nSPS) is 18.1. The van der Waals surface area contributed by atoms with Crippen LogP contribution in [-0.4, -0.2) is 57.1 Å². The van der Waals surface area contributed by atoms with E-state index in [4.69, 9.17) is 0 Å². The van der Waals surface area contributed by atoms with Crippen LogP contribution >= 0.6 is 0 Å². The first-order valence-electron chi connectivity index (χ1n) is 6.52. The van der Waals surface area contributed by atoms with Gasteiger partial charge < -0.3 is 15.0 Å². The molecule has 0 bridgehead atoms. The molecule has 0 aromatic carbocycles. The first kappa shape index (κ1) is 15.2. The number of nitrogens with zero attached hydrogens (tertiary/aromatic N) is 4. The van der Waals surface area contributed by atoms with Crippen molar-refractivity contribution < 1.29 is 18.3 Å². The molecule has 1 aliphatic rings. The van der Waals surface area contributed by atoms with Crippen LogP contribution in [0.25, 0.3) is 0 Å². The zero-order valence-corrected chi connectivity index (χ0v) is 11.2. The molecular formula is C11H18F3N5O. The lowest BCUT2D eigenvalue weighted by atomic mass is 10.2. The summed E-state index contributed by atoms with van der Waals surface area (Å²) in [5, 5.41) is 19.6. The fourth-order valence-corrected chi connectivity index (χ4v) is 2.25. The molecule has 2 rings (SSSR count). The van der Waals surface area contributed by atoms with E-state index in [-0.39, 0.29) is 13.1 Å². The number of likely N-dealkylation sites (N-methyl/N-ethyl adjacent to an activating group) is 1. The van der Waals surface area contributed by atoms with Gasteiger partial charge in [-0.2, -0.15) is 13.2 Å². The van der Waals surface area contributed by atoms with E-state index >= 15 is 0 Å². The number of alkyl halides is 3. The average molecular weight is 293 g/mol. The van der Waals surface area contributed by atoms with E-state index in [2.05, 4.69) is 15.5 Å². The SMILES string of the molecule is CCNCC(O)CN1CCn2c(nnc2C(F)(F)F)C1. The Morgan fingerprint density at radius 2 is 2.10 bits per heavy atom. The highest BCUT2D eigenvalue weighted by Crippen LogP contribution is 2.29. The molecule has 0 fully saturated rings. The summed E-state index contributed by atoms with van der Waals surface area (Å²) in [7, 11) is 0. The van der Waals surface area contributed by atoms with Crippen LogP contribution in [0.2, 0.25) is 0 Å². The quantitative estimate of drug-likeness (QED) is 0.805. The predicted molar refractivity (Wildman–Crippen MR) is 64.9 cm³/mol. The molecule has 0 saturated carbocycles. The number of fused-ring (bicyclic) bond motifs is 1. The molecule has 1 aliphatic heterocycles. The molecular weight excluding hydrogens is 275 g/mol. The molecule has 1 atom stereocenters. The molecule has 20 heavy (non-hydrogen) atoms. The van der Waals surface area contributed by atoms with Crippen LogP contribution in [-0.2, 0) is 19.3 Å². The summed E-state index contributed by atoms with van der Waals surface area (Å²) in [5.74, 6) is -0.653. The van der Waals surface area contributed by atoms with Crippen LogP contribution in [0, 0.1) is 0 Å². The number of aromatic nitrogens is 3. The van der Waals surface area contributed by atoms with Gasteiger partial charge in [0.15, 0.2) is 0 Å². The van der Waals surface area contributed by atoms with E-state index in [1.165, 1.54) is 0 Å². The molecule has 1 unspecified atom stereocenters. The van der Waals surface area contributed by atoms with Gasteiger partial charge in [0, 0.05) is 26.2 Å². The monoisotopic (exact) mass is 293 g/mol. The van der Waals surface area contributed by atoms with Gasteiger partial charge in [0.1, 0.15) is 5.82 Å². The minimum atomic E-state index is -4.47. The first-order chi connectivity index (χ1) is 9.41. The van der Waals surface area contributed by atoms with E-state index in [1.54, 1.807) is 0 Å². The third kappa shape index (κ3) is 3.47. The van der Waals surface area contributed by atoms with Crippen LogP contribution in [0.5, 0.6) is 0 Å². The minimum absolute atomic E-state index is 0.186. The Hall–Kier alpha value is -1.19. The van der Waals surface area contributed by atoms with Gasteiger partial charge in [-0.3, -0.25) is 4.90 Å². The second-order valence-corrected chi connectivity index (χ2v) is 4.79. The number of nitrogens with one attached hydrogen (secondary N) is 1. The molecule has 9 heteroatoms. The fourth-order valence-electron chi connectivity index (χ4n) is 2.25. The highest BCUT2D eigenvalue weighted by atomic mass is 19.4. The second kappa shape index (κ2) is 6.06. The molecule has 0 amide bonds. The highest BCUT2D eigenvalue weighted by molar-refractivity contribution is 5.02. The Labute approximate surface area is 114 Å². The molecule has 0 saturated heterocycles. The summed E-state index contributed by atoms with van der Waals surface area (Å²) in [4.78, 5) is 1.88. The van der Waals surface area contributed by atoms with Crippen molar-refractivity contribution >= 4 is 0 Å². The van der Waals surface area contributed by atoms with Crippen molar-refractivity contribution in [2.24, 2.45) is 0 Å². The van der Waals surface area contributed by atoms with Crippen molar-refractivity contribution in [2.75, 3.05) is 26.2 Å². The summed E-state index contributed by atoms with van der Waals surface area (Å²) in [6.07, 6.45) is -5.02. The van der Waals surface area contributed by atoms with Gasteiger partial charge in [0.05, 0.1) is 12.6 Å². The van der Waals surface area contributed by atoms with Gasteiger partial charge in [0.25, 0.3) is 0 Å². The van der Waals surface area contributed by atoms with E-state index < -0.39 is 18.1 Å². The van der Waals surface area contributed by atoms with E-state index in [1.807, 2.05) is 11.8 Å². The fraction of sp³-hybridized carbons (Fsp3) is 0.818. The summed E-state index contributed by atoms with van der Waals surface area (Å²) in [6.45, 7) is 4.47. The van der Waals surface area contributed by atoms with Gasteiger partial charge in [-0.05, 0) is 6.54 Å². The van der Waals surface area contributed by atoms with Crippen LogP contribution < -0.4 is 5.32 Å². The minimum Gasteiger partial charge on any atom is -0.390 e. The van der Waals surface area contributed by atoms with Crippen LogP contribution in [0.1, 0.15) is 18.6 Å². The Morgan fingerprint density at radius 3 is 2.75 bits per heavy atom. The standard InChI is InChI=1S/C11H18F3N5O/c1-2-15-5-8(20)6-18-3-4-19-9(7-18)16-17-10(19)11(12,13)14/h8,15,20H,2-7H2,1H3. The first-order valence-corrected chi connectivity index (χ1v) is 6.52. The van der Waals surface area contributed by atoms with Crippen LogP contribution in [0.15, 0.2) is 0 Å². The molecule has 1 aromatic heterocycles. The highest BCUT2D eigenvalue weighted by Gasteiger charge is 2.39. The van der Waals surface area contributed by atoms with Gasteiger partial charge in [-0.1, -0.05) is 6.92 Å². The number of halogens is 3. The van der Waals surface area contributed by atoms with Crippen LogP contribution in [0.4, 0.5) is 13.2 Å². The smallest absolute Gasteiger partial charge is 0.390 e. The van der Waals surface area contributed by atoms with Crippen molar-refractivity contribution in [3.63, 3.8) is 0 Å². The maximum absolute atomic E-state index is 12.7. The summed E-state index contributed by atoms with van der Waals surface area (Å²) >= 11 is 0. The topological polar surface area (TPSA) is 66.2 Å². The Kier molecular flexibility index (Phi) is 4.61. The van der Waals surface area contributed by atoms with Gasteiger partial charge >= 0.3 is 6.18 Å². The summed E-state index contributed by atoms with van der Waals surface area (Å²) in [5.41, 5.74) is 0. The second-order valence-electron chi connectivity index (χ2n) is 4.79. The van der Waals surface area contributed by atoms with Crippen molar-refractivity contribution in [3.05, 3.63) is 11.6 Å². The maximum Gasteiger partial charge on any atom is 0.451 e. The van der Waals surface area contributed by atoms with Gasteiger partial charge in [-0.25, -0.2) is 0 Å². The Balaban J connectivity index is 1.97. The lowest BCUT2D eigenvalue weighted by Gasteiger charge is -2.29. The third-order valence-corrected chi connectivity index (χ3v) is 3.18. The predicted octanol–water partition coefficient (Wildman–Crippen LogP) is 0.0829. The number of aliphatic hydroxyl groups is 1.